The second-order valence-corrected chi connectivity index (χ2v) is 6.49. The van der Waals surface area contributed by atoms with Gasteiger partial charge in [0, 0.05) is 17.6 Å². The summed E-state index contributed by atoms with van der Waals surface area (Å²) in [5, 5.41) is 5.10. The third-order valence-electron chi connectivity index (χ3n) is 3.24. The maximum atomic E-state index is 5.95. The summed E-state index contributed by atoms with van der Waals surface area (Å²) in [6.07, 6.45) is 0. The number of nitrogens with zero attached hydrogens (tertiary/aromatic N) is 1. The van der Waals surface area contributed by atoms with Crippen molar-refractivity contribution in [1.82, 2.24) is 10.3 Å². The topological polar surface area (TPSA) is 24.9 Å². The van der Waals surface area contributed by atoms with Crippen molar-refractivity contribution in [3.63, 3.8) is 0 Å². The highest BCUT2D eigenvalue weighted by Gasteiger charge is 2.15. The third-order valence-corrected chi connectivity index (χ3v) is 3.88. The lowest BCUT2D eigenvalue weighted by Crippen LogP contribution is -2.25. The van der Waals surface area contributed by atoms with Crippen molar-refractivity contribution in [2.75, 3.05) is 0 Å². The molecule has 0 amide bonds. The molecule has 1 unspecified atom stereocenters. The van der Waals surface area contributed by atoms with Crippen LogP contribution in [0.5, 0.6) is 0 Å². The fourth-order valence-electron chi connectivity index (χ4n) is 2.25. The first-order valence-electron chi connectivity index (χ1n) is 6.76. The minimum absolute atomic E-state index is 0.230. The van der Waals surface area contributed by atoms with Crippen LogP contribution in [0.2, 0.25) is 15.3 Å². The van der Waals surface area contributed by atoms with E-state index in [0.717, 1.165) is 10.6 Å². The quantitative estimate of drug-likeness (QED) is 0.722. The summed E-state index contributed by atoms with van der Waals surface area (Å²) in [5.41, 5.74) is 2.22. The maximum Gasteiger partial charge on any atom is 0.131 e. The molecular formula is C16H17Cl3N2. The molecule has 0 saturated heterocycles. The Hall–Kier alpha value is -0.800. The minimum Gasteiger partial charge on any atom is -0.306 e. The van der Waals surface area contributed by atoms with Gasteiger partial charge in [0.25, 0.3) is 0 Å². The number of rotatable bonds is 5. The van der Waals surface area contributed by atoms with Gasteiger partial charge in [-0.1, -0.05) is 60.8 Å². The van der Waals surface area contributed by atoms with E-state index in [1.54, 1.807) is 0 Å². The highest BCUT2D eigenvalue weighted by molar-refractivity contribution is 6.32. The smallest absolute Gasteiger partial charge is 0.131 e. The molecule has 112 valence electrons. The van der Waals surface area contributed by atoms with Gasteiger partial charge in [-0.3, -0.25) is 0 Å². The van der Waals surface area contributed by atoms with E-state index in [0.29, 0.717) is 22.8 Å². The largest absolute Gasteiger partial charge is 0.306 e. The molecule has 0 saturated carbocycles. The third kappa shape index (κ3) is 4.86. The lowest BCUT2D eigenvalue weighted by atomic mass is 9.96. The molecule has 1 heterocycles. The summed E-state index contributed by atoms with van der Waals surface area (Å²) in [5.74, 6) is 0.443. The number of nitrogens with one attached hydrogen (secondary N) is 1. The van der Waals surface area contributed by atoms with Gasteiger partial charge in [-0.2, -0.15) is 0 Å². The molecular weight excluding hydrogens is 327 g/mol. The molecule has 2 aromatic rings. The first kappa shape index (κ1) is 16.6. The number of hydrogen-bond acceptors (Lipinski definition) is 2. The van der Waals surface area contributed by atoms with Crippen LogP contribution >= 0.6 is 34.8 Å². The van der Waals surface area contributed by atoms with Crippen molar-refractivity contribution in [2.24, 2.45) is 5.92 Å². The van der Waals surface area contributed by atoms with Crippen LogP contribution in [0.1, 0.15) is 31.0 Å². The molecule has 1 atom stereocenters. The number of benzene rings is 1. The average Bonchev–Trinajstić information content (AvgIpc) is 2.39. The summed E-state index contributed by atoms with van der Waals surface area (Å²) in [6, 6.07) is 11.8. The first-order valence-corrected chi connectivity index (χ1v) is 7.90. The summed E-state index contributed by atoms with van der Waals surface area (Å²) < 4.78 is 0. The number of aromatic nitrogens is 1. The fraction of sp³-hybridized carbons (Fsp3) is 0.312. The lowest BCUT2D eigenvalue weighted by molar-refractivity contribution is 0.410. The summed E-state index contributed by atoms with van der Waals surface area (Å²) >= 11 is 17.8. The first-order chi connectivity index (χ1) is 9.95. The van der Waals surface area contributed by atoms with Crippen molar-refractivity contribution in [3.8, 4) is 0 Å². The van der Waals surface area contributed by atoms with Crippen LogP contribution in [-0.4, -0.2) is 4.98 Å². The predicted molar refractivity (Wildman–Crippen MR) is 90.1 cm³/mol. The Morgan fingerprint density at radius 3 is 2.10 bits per heavy atom. The van der Waals surface area contributed by atoms with Gasteiger partial charge in [0.05, 0.1) is 0 Å². The molecule has 0 aliphatic carbocycles. The highest BCUT2D eigenvalue weighted by atomic mass is 35.5. The van der Waals surface area contributed by atoms with Crippen LogP contribution in [0, 0.1) is 5.92 Å². The Kier molecular flexibility index (Phi) is 5.88. The van der Waals surface area contributed by atoms with Crippen LogP contribution in [0.4, 0.5) is 0 Å². The molecule has 0 radical (unpaired) electrons. The fourth-order valence-corrected chi connectivity index (χ4v) is 2.88. The standard InChI is InChI=1S/C16H17Cl3N2/c1-10(2)16(12-3-5-13(17)6-4-12)20-9-11-7-14(18)21-15(19)8-11/h3-8,10,16,20H,9H2,1-2H3. The van der Waals surface area contributed by atoms with E-state index >= 15 is 0 Å². The van der Waals surface area contributed by atoms with E-state index in [4.69, 9.17) is 34.8 Å². The average molecular weight is 344 g/mol. The van der Waals surface area contributed by atoms with Crippen LogP contribution < -0.4 is 5.32 Å². The molecule has 2 rings (SSSR count). The monoisotopic (exact) mass is 342 g/mol. The summed E-state index contributed by atoms with van der Waals surface area (Å²) in [4.78, 5) is 3.95. The molecule has 21 heavy (non-hydrogen) atoms. The van der Waals surface area contributed by atoms with Crippen LogP contribution in [0.3, 0.4) is 0 Å². The van der Waals surface area contributed by atoms with Gasteiger partial charge in [0.2, 0.25) is 0 Å². The molecule has 0 aliphatic heterocycles. The number of halogens is 3. The van der Waals surface area contributed by atoms with Crippen molar-refractivity contribution in [2.45, 2.75) is 26.4 Å². The zero-order valence-corrected chi connectivity index (χ0v) is 14.2. The Bertz CT molecular complexity index is 577. The summed E-state index contributed by atoms with van der Waals surface area (Å²) in [6.45, 7) is 5.03. The zero-order chi connectivity index (χ0) is 15.4. The van der Waals surface area contributed by atoms with Crippen molar-refractivity contribution >= 4 is 34.8 Å². The van der Waals surface area contributed by atoms with Gasteiger partial charge in [-0.15, -0.1) is 0 Å². The molecule has 1 aromatic heterocycles. The molecule has 0 spiro atoms. The van der Waals surface area contributed by atoms with Gasteiger partial charge >= 0.3 is 0 Å². The number of hydrogen-bond donors (Lipinski definition) is 1. The van der Waals surface area contributed by atoms with Gasteiger partial charge in [0.15, 0.2) is 0 Å². The van der Waals surface area contributed by atoms with Crippen LogP contribution in [0.15, 0.2) is 36.4 Å². The lowest BCUT2D eigenvalue weighted by Gasteiger charge is -2.23. The van der Waals surface area contributed by atoms with E-state index in [9.17, 15) is 0 Å². The predicted octanol–water partition coefficient (Wildman–Crippen LogP) is 5.53. The van der Waals surface area contributed by atoms with Crippen molar-refractivity contribution in [1.29, 1.82) is 0 Å². The minimum atomic E-state index is 0.230. The summed E-state index contributed by atoms with van der Waals surface area (Å²) in [7, 11) is 0. The van der Waals surface area contributed by atoms with E-state index < -0.39 is 0 Å². The Balaban J connectivity index is 2.11. The van der Waals surface area contributed by atoms with E-state index in [-0.39, 0.29) is 6.04 Å². The normalized spacial score (nSPS) is 12.7. The Morgan fingerprint density at radius 1 is 1.00 bits per heavy atom. The molecule has 1 N–H and O–H groups in total. The molecule has 1 aromatic carbocycles. The second-order valence-electron chi connectivity index (χ2n) is 5.27. The molecule has 0 aliphatic rings. The molecule has 5 heteroatoms. The molecule has 2 nitrogen and oxygen atoms in total. The molecule has 0 bridgehead atoms. The maximum absolute atomic E-state index is 5.95. The van der Waals surface area contributed by atoms with E-state index in [1.807, 2.05) is 36.4 Å². The van der Waals surface area contributed by atoms with Crippen molar-refractivity contribution in [3.05, 3.63) is 62.9 Å². The van der Waals surface area contributed by atoms with Crippen LogP contribution in [-0.2, 0) is 6.54 Å². The number of pyridine rings is 1. The van der Waals surface area contributed by atoms with Gasteiger partial charge < -0.3 is 5.32 Å². The molecule has 0 fully saturated rings. The van der Waals surface area contributed by atoms with Crippen LogP contribution in [0.25, 0.3) is 0 Å². The van der Waals surface area contributed by atoms with Gasteiger partial charge in [0.1, 0.15) is 10.3 Å². The Labute approximate surface area is 140 Å². The Morgan fingerprint density at radius 2 is 1.57 bits per heavy atom. The van der Waals surface area contributed by atoms with Gasteiger partial charge in [-0.25, -0.2) is 4.98 Å². The van der Waals surface area contributed by atoms with E-state index in [2.05, 4.69) is 24.1 Å². The van der Waals surface area contributed by atoms with Gasteiger partial charge in [-0.05, 0) is 41.3 Å². The zero-order valence-electron chi connectivity index (χ0n) is 11.9. The SMILES string of the molecule is CC(C)C(NCc1cc(Cl)nc(Cl)c1)c1ccc(Cl)cc1. The second kappa shape index (κ2) is 7.46. The van der Waals surface area contributed by atoms with E-state index in [1.165, 1.54) is 5.56 Å². The van der Waals surface area contributed by atoms with Crippen molar-refractivity contribution < 1.29 is 0 Å². The highest BCUT2D eigenvalue weighted by Crippen LogP contribution is 2.24.